The highest BCUT2D eigenvalue weighted by Crippen LogP contribution is 2.29. The number of furan rings is 1. The third-order valence-corrected chi connectivity index (χ3v) is 2.82. The summed E-state index contributed by atoms with van der Waals surface area (Å²) in [6, 6.07) is 2.52. The van der Waals surface area contributed by atoms with E-state index < -0.39 is 47.3 Å². The van der Waals surface area contributed by atoms with Gasteiger partial charge in [0.2, 0.25) is 29.1 Å². The molecule has 2 aromatic rings. The van der Waals surface area contributed by atoms with Gasteiger partial charge in [-0.25, -0.2) is 13.2 Å². The summed E-state index contributed by atoms with van der Waals surface area (Å²) in [4.78, 5) is 11.6. The number of benzene rings is 1. The fourth-order valence-electron chi connectivity index (χ4n) is 1.68. The first kappa shape index (κ1) is 17.5. The van der Waals surface area contributed by atoms with Gasteiger partial charge in [-0.2, -0.15) is 8.78 Å². The molecular formula is C15H10F5NO3. The van der Waals surface area contributed by atoms with Crippen LogP contribution in [0, 0.1) is 29.1 Å². The summed E-state index contributed by atoms with van der Waals surface area (Å²) in [5.74, 6) is -12.9. The molecule has 24 heavy (non-hydrogen) atoms. The van der Waals surface area contributed by atoms with Gasteiger partial charge < -0.3 is 14.5 Å². The van der Waals surface area contributed by atoms with Crippen molar-refractivity contribution in [2.24, 2.45) is 0 Å². The zero-order valence-electron chi connectivity index (χ0n) is 12.0. The number of nitrogens with one attached hydrogen (secondary N) is 1. The van der Waals surface area contributed by atoms with Gasteiger partial charge in [-0.05, 0) is 12.1 Å². The highest BCUT2D eigenvalue weighted by atomic mass is 19.2. The summed E-state index contributed by atoms with van der Waals surface area (Å²) in [6.07, 6.45) is 1.44. The lowest BCUT2D eigenvalue weighted by Gasteiger charge is -2.09. The molecule has 1 aromatic heterocycles. The van der Waals surface area contributed by atoms with Crippen LogP contribution in [0.25, 0.3) is 0 Å². The number of hydrogen-bond donors (Lipinski definition) is 1. The van der Waals surface area contributed by atoms with Crippen molar-refractivity contribution in [3.63, 3.8) is 0 Å². The molecule has 0 spiro atoms. The van der Waals surface area contributed by atoms with Gasteiger partial charge in [0.1, 0.15) is 12.4 Å². The fraction of sp³-hybridized carbons (Fsp3) is 0.133. The summed E-state index contributed by atoms with van der Waals surface area (Å²) >= 11 is 0. The number of halogens is 5. The zero-order chi connectivity index (χ0) is 17.9. The molecule has 0 saturated carbocycles. The average Bonchev–Trinajstić information content (AvgIpc) is 3.05. The van der Waals surface area contributed by atoms with Gasteiger partial charge in [-0.1, -0.05) is 6.08 Å². The Morgan fingerprint density at radius 3 is 2.25 bits per heavy atom. The smallest absolute Gasteiger partial charge is 0.287 e. The van der Waals surface area contributed by atoms with Crippen LogP contribution in [0.4, 0.5) is 22.0 Å². The van der Waals surface area contributed by atoms with E-state index in [0.717, 1.165) is 0 Å². The lowest BCUT2D eigenvalue weighted by molar-refractivity contribution is 0.0926. The van der Waals surface area contributed by atoms with Crippen molar-refractivity contribution in [2.45, 2.75) is 6.61 Å². The summed E-state index contributed by atoms with van der Waals surface area (Å²) in [5.41, 5.74) is 0. The second kappa shape index (κ2) is 7.16. The van der Waals surface area contributed by atoms with E-state index in [2.05, 4.69) is 16.6 Å². The van der Waals surface area contributed by atoms with Crippen LogP contribution in [0.3, 0.4) is 0 Å². The summed E-state index contributed by atoms with van der Waals surface area (Å²) < 4.78 is 75.5. The van der Waals surface area contributed by atoms with Crippen molar-refractivity contribution in [3.05, 3.63) is 65.4 Å². The Balaban J connectivity index is 2.14. The van der Waals surface area contributed by atoms with E-state index in [9.17, 15) is 26.7 Å². The van der Waals surface area contributed by atoms with Gasteiger partial charge >= 0.3 is 0 Å². The largest absolute Gasteiger partial charge is 0.479 e. The first-order valence-corrected chi connectivity index (χ1v) is 6.48. The van der Waals surface area contributed by atoms with Crippen LogP contribution in [-0.2, 0) is 6.61 Å². The van der Waals surface area contributed by atoms with E-state index in [1.54, 1.807) is 0 Å². The van der Waals surface area contributed by atoms with Gasteiger partial charge in [-0.15, -0.1) is 6.58 Å². The van der Waals surface area contributed by atoms with Crippen LogP contribution >= 0.6 is 0 Å². The molecule has 0 bridgehead atoms. The van der Waals surface area contributed by atoms with Gasteiger partial charge in [0.05, 0.1) is 0 Å². The Bertz CT molecular complexity index is 759. The normalized spacial score (nSPS) is 10.5. The predicted octanol–water partition coefficient (Wildman–Crippen LogP) is 3.47. The molecule has 9 heteroatoms. The maximum absolute atomic E-state index is 13.4. The third-order valence-electron chi connectivity index (χ3n) is 2.82. The average molecular weight is 347 g/mol. The van der Waals surface area contributed by atoms with E-state index in [4.69, 9.17) is 4.42 Å². The summed E-state index contributed by atoms with van der Waals surface area (Å²) in [5, 5.41) is 2.42. The predicted molar refractivity (Wildman–Crippen MR) is 71.8 cm³/mol. The fourth-order valence-corrected chi connectivity index (χ4v) is 1.68. The Kier molecular flexibility index (Phi) is 5.22. The second-order valence-corrected chi connectivity index (χ2v) is 4.45. The quantitative estimate of drug-likeness (QED) is 0.377. The summed E-state index contributed by atoms with van der Waals surface area (Å²) in [6.45, 7) is 2.95. The van der Waals surface area contributed by atoms with Crippen molar-refractivity contribution in [3.8, 4) is 5.75 Å². The van der Waals surface area contributed by atoms with E-state index >= 15 is 0 Å². The molecule has 1 N–H and O–H groups in total. The minimum atomic E-state index is -2.28. The molecule has 4 nitrogen and oxygen atoms in total. The topological polar surface area (TPSA) is 51.5 Å². The Morgan fingerprint density at radius 2 is 1.67 bits per heavy atom. The number of carbonyl (C=O) groups is 1. The van der Waals surface area contributed by atoms with Crippen LogP contribution in [0.5, 0.6) is 5.75 Å². The number of rotatable bonds is 6. The zero-order valence-corrected chi connectivity index (χ0v) is 12.0. The first-order chi connectivity index (χ1) is 11.4. The van der Waals surface area contributed by atoms with Crippen LogP contribution in [0.2, 0.25) is 0 Å². The molecule has 1 amide bonds. The molecule has 0 aliphatic carbocycles. The lowest BCUT2D eigenvalue weighted by atomic mass is 10.2. The molecule has 2 rings (SSSR count). The van der Waals surface area contributed by atoms with Crippen molar-refractivity contribution in [2.75, 3.05) is 6.54 Å². The number of ether oxygens (including phenoxy) is 1. The van der Waals surface area contributed by atoms with Gasteiger partial charge in [0.15, 0.2) is 11.5 Å². The molecule has 0 saturated heterocycles. The Hall–Kier alpha value is -2.84. The van der Waals surface area contributed by atoms with Gasteiger partial charge in [0, 0.05) is 6.54 Å². The van der Waals surface area contributed by atoms with Crippen LogP contribution < -0.4 is 10.1 Å². The molecule has 1 heterocycles. The van der Waals surface area contributed by atoms with Crippen molar-refractivity contribution < 1.29 is 35.9 Å². The molecule has 0 atom stereocenters. The van der Waals surface area contributed by atoms with E-state index in [-0.39, 0.29) is 18.1 Å². The molecule has 0 aliphatic rings. The number of carbonyl (C=O) groups excluding carboxylic acids is 1. The van der Waals surface area contributed by atoms with Gasteiger partial charge in [0.25, 0.3) is 5.91 Å². The molecular weight excluding hydrogens is 337 g/mol. The number of hydrogen-bond acceptors (Lipinski definition) is 3. The van der Waals surface area contributed by atoms with E-state index in [0.29, 0.717) is 0 Å². The summed E-state index contributed by atoms with van der Waals surface area (Å²) in [7, 11) is 0. The minimum Gasteiger partial charge on any atom is -0.479 e. The Labute approximate surface area is 132 Å². The molecule has 0 fully saturated rings. The van der Waals surface area contributed by atoms with Gasteiger partial charge in [-0.3, -0.25) is 4.79 Å². The highest BCUT2D eigenvalue weighted by molar-refractivity contribution is 5.91. The first-order valence-electron chi connectivity index (χ1n) is 6.48. The molecule has 0 radical (unpaired) electrons. The minimum absolute atomic E-state index is 0.0531. The Morgan fingerprint density at radius 1 is 1.08 bits per heavy atom. The maximum Gasteiger partial charge on any atom is 0.287 e. The monoisotopic (exact) mass is 347 g/mol. The van der Waals surface area contributed by atoms with Crippen LogP contribution in [-0.4, -0.2) is 12.5 Å². The van der Waals surface area contributed by atoms with Crippen LogP contribution in [0.1, 0.15) is 16.3 Å². The number of amides is 1. The molecule has 1 aromatic carbocycles. The molecule has 0 unspecified atom stereocenters. The van der Waals surface area contributed by atoms with E-state index in [1.807, 2.05) is 0 Å². The standard InChI is InChI=1S/C15H10F5NO3/c1-2-5-21-15(22)8-4-3-7(24-8)6-23-14-12(19)10(17)9(16)11(18)13(14)20/h2-4H,1,5-6H2,(H,21,22). The lowest BCUT2D eigenvalue weighted by Crippen LogP contribution is -2.22. The van der Waals surface area contributed by atoms with Crippen molar-refractivity contribution in [1.82, 2.24) is 5.32 Å². The third kappa shape index (κ3) is 3.39. The van der Waals surface area contributed by atoms with Crippen molar-refractivity contribution in [1.29, 1.82) is 0 Å². The molecule has 0 aliphatic heterocycles. The van der Waals surface area contributed by atoms with Crippen molar-refractivity contribution >= 4 is 5.91 Å². The SMILES string of the molecule is C=CCNC(=O)c1ccc(COc2c(F)c(F)c(F)c(F)c2F)o1. The highest BCUT2D eigenvalue weighted by Gasteiger charge is 2.27. The second-order valence-electron chi connectivity index (χ2n) is 4.45. The maximum atomic E-state index is 13.4. The van der Waals surface area contributed by atoms with E-state index in [1.165, 1.54) is 18.2 Å². The molecule has 128 valence electrons. The van der Waals surface area contributed by atoms with Crippen LogP contribution in [0.15, 0.2) is 29.2 Å².